The average Bonchev–Trinajstić information content (AvgIpc) is 2.80. The van der Waals surface area contributed by atoms with Crippen LogP contribution in [0.2, 0.25) is 0 Å². The van der Waals surface area contributed by atoms with Gasteiger partial charge >= 0.3 is 0 Å². The Hall–Kier alpha value is -0.200. The maximum absolute atomic E-state index is 4.92. The fourth-order valence-corrected chi connectivity index (χ4v) is 4.08. The van der Waals surface area contributed by atoms with Crippen molar-refractivity contribution >= 4 is 17.4 Å². The molecule has 0 unspecified atom stereocenters. The molecule has 102 valence electrons. The minimum absolute atomic E-state index is 0.499. The molecule has 0 aromatic rings. The summed E-state index contributed by atoms with van der Waals surface area (Å²) in [5, 5.41) is 2.71. The second kappa shape index (κ2) is 8.07. The molecule has 0 atom stereocenters. The number of rotatable bonds is 3. The van der Waals surface area contributed by atoms with Crippen LogP contribution in [0.3, 0.4) is 0 Å². The van der Waals surface area contributed by atoms with Gasteiger partial charge in [-0.05, 0) is 49.7 Å². The zero-order valence-corrected chi connectivity index (χ0v) is 12.4. The summed E-state index contributed by atoms with van der Waals surface area (Å²) in [7, 11) is 0. The third-order valence-corrected chi connectivity index (χ3v) is 5.07. The zero-order chi connectivity index (χ0) is 12.6. The number of isothiocyanates is 1. The maximum Gasteiger partial charge on any atom is 0.0659 e. The van der Waals surface area contributed by atoms with Gasteiger partial charge < -0.3 is 0 Å². The van der Waals surface area contributed by atoms with E-state index in [1.807, 2.05) is 0 Å². The molecule has 2 aliphatic carbocycles. The van der Waals surface area contributed by atoms with Gasteiger partial charge in [-0.15, -0.1) is 0 Å². The highest BCUT2D eigenvalue weighted by Crippen LogP contribution is 2.36. The second-order valence-electron chi connectivity index (χ2n) is 6.21. The topological polar surface area (TPSA) is 12.4 Å². The summed E-state index contributed by atoms with van der Waals surface area (Å²) < 4.78 is 0. The third kappa shape index (κ3) is 4.17. The van der Waals surface area contributed by atoms with Gasteiger partial charge in [-0.1, -0.05) is 51.4 Å². The van der Waals surface area contributed by atoms with E-state index in [1.165, 1.54) is 77.0 Å². The van der Waals surface area contributed by atoms with E-state index in [1.54, 1.807) is 0 Å². The Labute approximate surface area is 117 Å². The minimum atomic E-state index is 0.499. The molecule has 18 heavy (non-hydrogen) atoms. The molecule has 2 aliphatic rings. The van der Waals surface area contributed by atoms with E-state index < -0.39 is 0 Å². The molecule has 2 fully saturated rings. The van der Waals surface area contributed by atoms with Crippen molar-refractivity contribution in [2.24, 2.45) is 16.8 Å². The Morgan fingerprint density at radius 1 is 0.722 bits per heavy atom. The number of nitrogens with zero attached hydrogens (tertiary/aromatic N) is 1. The van der Waals surface area contributed by atoms with E-state index in [4.69, 9.17) is 12.2 Å². The van der Waals surface area contributed by atoms with Crippen LogP contribution >= 0.6 is 12.2 Å². The number of thiocarbonyl (C=S) groups is 1. The van der Waals surface area contributed by atoms with Crippen molar-refractivity contribution < 1.29 is 0 Å². The average molecular weight is 265 g/mol. The lowest BCUT2D eigenvalue weighted by Gasteiger charge is -2.29. The molecule has 0 aliphatic heterocycles. The van der Waals surface area contributed by atoms with Gasteiger partial charge in [-0.3, -0.25) is 0 Å². The molecular formula is C16H27NS. The van der Waals surface area contributed by atoms with Crippen LogP contribution in [0.4, 0.5) is 0 Å². The van der Waals surface area contributed by atoms with Crippen molar-refractivity contribution in [3.05, 3.63) is 0 Å². The molecule has 0 aromatic heterocycles. The van der Waals surface area contributed by atoms with Gasteiger partial charge in [0.1, 0.15) is 0 Å². The van der Waals surface area contributed by atoms with Crippen LogP contribution in [-0.4, -0.2) is 11.2 Å². The van der Waals surface area contributed by atoms with Crippen LogP contribution < -0.4 is 0 Å². The van der Waals surface area contributed by atoms with Crippen LogP contribution in [0.15, 0.2) is 4.99 Å². The molecular weight excluding hydrogens is 238 g/mol. The highest BCUT2D eigenvalue weighted by atomic mass is 32.1. The number of hydrogen-bond acceptors (Lipinski definition) is 2. The minimum Gasteiger partial charge on any atom is -0.229 e. The predicted octanol–water partition coefficient (Wildman–Crippen LogP) is 5.40. The molecule has 2 rings (SSSR count). The summed E-state index contributed by atoms with van der Waals surface area (Å²) in [6, 6.07) is 0.499. The van der Waals surface area contributed by atoms with Crippen molar-refractivity contribution in [1.82, 2.24) is 0 Å². The molecule has 2 saturated carbocycles. The monoisotopic (exact) mass is 265 g/mol. The third-order valence-electron chi connectivity index (χ3n) is 4.97. The van der Waals surface area contributed by atoms with Gasteiger partial charge in [0.2, 0.25) is 0 Å². The predicted molar refractivity (Wildman–Crippen MR) is 81.2 cm³/mol. The Morgan fingerprint density at radius 3 is 1.44 bits per heavy atom. The Morgan fingerprint density at radius 2 is 1.11 bits per heavy atom. The van der Waals surface area contributed by atoms with Gasteiger partial charge in [0, 0.05) is 0 Å². The standard InChI is InChI=1S/C16H27NS/c18-13-17-16(14-9-5-1-2-6-10-14)15-11-7-3-4-8-12-15/h14-16H,1-12H2. The SMILES string of the molecule is S=C=NC(C1CCCCCC1)C1CCCCCC1. The first-order valence-electron chi connectivity index (χ1n) is 7.99. The van der Waals surface area contributed by atoms with E-state index in [2.05, 4.69) is 10.2 Å². The Balaban J connectivity index is 2.02. The zero-order valence-electron chi connectivity index (χ0n) is 11.6. The normalized spacial score (nSPS) is 24.3. The molecule has 0 aromatic carbocycles. The van der Waals surface area contributed by atoms with Crippen LogP contribution in [0.5, 0.6) is 0 Å². The van der Waals surface area contributed by atoms with Gasteiger partial charge in [0.05, 0.1) is 11.2 Å². The molecule has 0 amide bonds. The second-order valence-corrected chi connectivity index (χ2v) is 6.40. The highest BCUT2D eigenvalue weighted by molar-refractivity contribution is 7.78. The lowest BCUT2D eigenvalue weighted by molar-refractivity contribution is 0.264. The number of aliphatic imine (C=N–C) groups is 1. The van der Waals surface area contributed by atoms with Gasteiger partial charge in [-0.2, -0.15) is 0 Å². The summed E-state index contributed by atoms with van der Waals surface area (Å²) in [5.41, 5.74) is 0. The lowest BCUT2D eigenvalue weighted by atomic mass is 9.80. The fourth-order valence-electron chi connectivity index (χ4n) is 3.96. The summed E-state index contributed by atoms with van der Waals surface area (Å²) >= 11 is 4.92. The summed E-state index contributed by atoms with van der Waals surface area (Å²) in [5.74, 6) is 1.59. The summed E-state index contributed by atoms with van der Waals surface area (Å²) in [6.07, 6.45) is 16.8. The van der Waals surface area contributed by atoms with E-state index in [0.717, 1.165) is 11.8 Å². The first kappa shape index (κ1) is 14.2. The first-order chi connectivity index (χ1) is 8.92. The molecule has 0 N–H and O–H groups in total. The molecule has 0 saturated heterocycles. The van der Waals surface area contributed by atoms with E-state index in [0.29, 0.717) is 6.04 Å². The fraction of sp³-hybridized carbons (Fsp3) is 0.938. The summed E-state index contributed by atoms with van der Waals surface area (Å²) in [4.78, 5) is 4.62. The highest BCUT2D eigenvalue weighted by Gasteiger charge is 2.29. The van der Waals surface area contributed by atoms with E-state index >= 15 is 0 Å². The Kier molecular flexibility index (Phi) is 6.37. The largest absolute Gasteiger partial charge is 0.229 e. The smallest absolute Gasteiger partial charge is 0.0659 e. The molecule has 0 spiro atoms. The maximum atomic E-state index is 4.92. The molecule has 0 bridgehead atoms. The quantitative estimate of drug-likeness (QED) is 0.378. The van der Waals surface area contributed by atoms with Crippen LogP contribution in [0, 0.1) is 11.8 Å². The molecule has 2 heteroatoms. The Bertz CT molecular complexity index is 247. The van der Waals surface area contributed by atoms with Crippen molar-refractivity contribution in [3.8, 4) is 0 Å². The van der Waals surface area contributed by atoms with Gasteiger partial charge in [0.15, 0.2) is 0 Å². The van der Waals surface area contributed by atoms with Gasteiger partial charge in [0.25, 0.3) is 0 Å². The number of hydrogen-bond donors (Lipinski definition) is 0. The van der Waals surface area contributed by atoms with Crippen LogP contribution in [-0.2, 0) is 0 Å². The molecule has 1 nitrogen and oxygen atoms in total. The van der Waals surface area contributed by atoms with Crippen molar-refractivity contribution in [3.63, 3.8) is 0 Å². The van der Waals surface area contributed by atoms with Crippen LogP contribution in [0.25, 0.3) is 0 Å². The van der Waals surface area contributed by atoms with Crippen molar-refractivity contribution in [1.29, 1.82) is 0 Å². The van der Waals surface area contributed by atoms with Crippen LogP contribution in [0.1, 0.15) is 77.0 Å². The molecule has 0 heterocycles. The lowest BCUT2D eigenvalue weighted by Crippen LogP contribution is -2.27. The van der Waals surface area contributed by atoms with Gasteiger partial charge in [-0.25, -0.2) is 4.99 Å². The molecule has 0 radical (unpaired) electrons. The van der Waals surface area contributed by atoms with E-state index in [9.17, 15) is 0 Å². The van der Waals surface area contributed by atoms with E-state index in [-0.39, 0.29) is 0 Å². The first-order valence-corrected chi connectivity index (χ1v) is 8.39. The van der Waals surface area contributed by atoms with Crippen molar-refractivity contribution in [2.75, 3.05) is 0 Å². The summed E-state index contributed by atoms with van der Waals surface area (Å²) in [6.45, 7) is 0. The van der Waals surface area contributed by atoms with Crippen molar-refractivity contribution in [2.45, 2.75) is 83.1 Å².